The Morgan fingerprint density at radius 3 is 2.50 bits per heavy atom. The van der Waals surface area contributed by atoms with Crippen molar-refractivity contribution in [3.05, 3.63) is 71.2 Å². The Hall–Kier alpha value is -3.01. The van der Waals surface area contributed by atoms with Crippen LogP contribution >= 0.6 is 0 Å². The number of carboxylic acids is 1. The molecule has 1 heterocycles. The van der Waals surface area contributed by atoms with Gasteiger partial charge in [-0.3, -0.25) is 14.4 Å². The third-order valence-corrected chi connectivity index (χ3v) is 5.55. The van der Waals surface area contributed by atoms with Crippen molar-refractivity contribution >= 4 is 23.7 Å². The van der Waals surface area contributed by atoms with Gasteiger partial charge in [-0.2, -0.15) is 0 Å². The standard InChI is InChI=1S/C24H24FN3O5.Na.H/c1-13-6-4-5-7-15(13)21-14(2)16(8-9-17(21)25)18(12-20(30)31)26-24(33)27-22-19(29)10-11-28(3)23(22)32;;/h4-11,18,22H,12H2,1-3H3,(H,30,31)(H2,26,27,33);;/q;+1;-1. The fraction of sp³-hybridized carbons (Fsp3) is 0.250. The maximum atomic E-state index is 14.8. The molecule has 2 unspecified atom stereocenters. The molecule has 3 amide bonds. The summed E-state index contributed by atoms with van der Waals surface area (Å²) < 4.78 is 14.8. The molecule has 0 aromatic heterocycles. The van der Waals surface area contributed by atoms with Crippen LogP contribution in [0.5, 0.6) is 0 Å². The molecular formula is C24H25FN3NaO5. The number of carbonyl (C=O) groups is 4. The van der Waals surface area contributed by atoms with E-state index in [1.165, 1.54) is 36.4 Å². The molecule has 1 aliphatic heterocycles. The summed E-state index contributed by atoms with van der Waals surface area (Å²) in [5, 5.41) is 14.2. The summed E-state index contributed by atoms with van der Waals surface area (Å²) in [6, 6.07) is 6.52. The van der Waals surface area contributed by atoms with Gasteiger partial charge in [0, 0.05) is 24.9 Å². The topological polar surface area (TPSA) is 116 Å². The van der Waals surface area contributed by atoms with Gasteiger partial charge in [0.25, 0.3) is 5.91 Å². The van der Waals surface area contributed by atoms with E-state index in [1.54, 1.807) is 19.1 Å². The predicted molar refractivity (Wildman–Crippen MR) is 120 cm³/mol. The molecule has 0 fully saturated rings. The third-order valence-electron chi connectivity index (χ3n) is 5.55. The van der Waals surface area contributed by atoms with Gasteiger partial charge in [0.2, 0.25) is 0 Å². The van der Waals surface area contributed by atoms with Crippen molar-refractivity contribution in [1.82, 2.24) is 15.5 Å². The summed E-state index contributed by atoms with van der Waals surface area (Å²) in [6.45, 7) is 3.49. The minimum absolute atomic E-state index is 0. The van der Waals surface area contributed by atoms with Crippen molar-refractivity contribution in [2.24, 2.45) is 0 Å². The van der Waals surface area contributed by atoms with E-state index >= 15 is 0 Å². The Labute approximate surface area is 220 Å². The number of aryl methyl sites for hydroxylation is 1. The molecule has 3 rings (SSSR count). The zero-order chi connectivity index (χ0) is 24.3. The molecule has 2 atom stereocenters. The van der Waals surface area contributed by atoms with Crippen LogP contribution in [0.3, 0.4) is 0 Å². The van der Waals surface area contributed by atoms with Crippen LogP contribution in [0.25, 0.3) is 11.1 Å². The summed E-state index contributed by atoms with van der Waals surface area (Å²) in [5.74, 6) is -2.87. The molecule has 0 radical (unpaired) electrons. The van der Waals surface area contributed by atoms with Gasteiger partial charge in [0.1, 0.15) is 5.82 Å². The summed E-state index contributed by atoms with van der Waals surface area (Å²) in [4.78, 5) is 49.5. The van der Waals surface area contributed by atoms with Crippen molar-refractivity contribution in [3.8, 4) is 11.1 Å². The minimum atomic E-state index is -1.41. The van der Waals surface area contributed by atoms with Gasteiger partial charge in [0.15, 0.2) is 11.8 Å². The monoisotopic (exact) mass is 477 g/mol. The molecule has 0 spiro atoms. The number of benzene rings is 2. The molecule has 0 saturated carbocycles. The van der Waals surface area contributed by atoms with E-state index in [4.69, 9.17) is 0 Å². The van der Waals surface area contributed by atoms with Gasteiger partial charge in [-0.05, 0) is 42.2 Å². The third kappa shape index (κ3) is 5.91. The van der Waals surface area contributed by atoms with Crippen LogP contribution in [0.4, 0.5) is 9.18 Å². The Morgan fingerprint density at radius 1 is 1.18 bits per heavy atom. The zero-order valence-electron chi connectivity index (χ0n) is 20.4. The normalized spacial score (nSPS) is 16.0. The summed E-state index contributed by atoms with van der Waals surface area (Å²) in [5.41, 5.74) is 2.69. The van der Waals surface area contributed by atoms with Gasteiger partial charge in [-0.25, -0.2) is 9.18 Å². The summed E-state index contributed by atoms with van der Waals surface area (Å²) >= 11 is 0. The first-order valence-corrected chi connectivity index (χ1v) is 10.2. The molecule has 0 aliphatic carbocycles. The molecule has 174 valence electrons. The van der Waals surface area contributed by atoms with Crippen molar-refractivity contribution in [2.75, 3.05) is 7.05 Å². The Kier molecular flexibility index (Phi) is 9.14. The molecule has 3 N–H and O–H groups in total. The molecule has 8 nitrogen and oxygen atoms in total. The second-order valence-electron chi connectivity index (χ2n) is 7.82. The molecule has 10 heteroatoms. The van der Waals surface area contributed by atoms with E-state index < -0.39 is 48.0 Å². The molecule has 0 bridgehead atoms. The number of aliphatic carboxylic acids is 1. The fourth-order valence-corrected chi connectivity index (χ4v) is 3.81. The number of hydrogen-bond acceptors (Lipinski definition) is 4. The molecule has 34 heavy (non-hydrogen) atoms. The maximum absolute atomic E-state index is 14.8. The van der Waals surface area contributed by atoms with Crippen LogP contribution in [-0.4, -0.2) is 46.8 Å². The average molecular weight is 477 g/mol. The number of rotatable bonds is 6. The molecule has 2 aromatic rings. The van der Waals surface area contributed by atoms with E-state index in [-0.39, 0.29) is 31.0 Å². The second kappa shape index (κ2) is 11.4. The van der Waals surface area contributed by atoms with Crippen LogP contribution in [0.15, 0.2) is 48.7 Å². The van der Waals surface area contributed by atoms with Crippen LogP contribution in [-0.2, 0) is 14.4 Å². The molecule has 1 aliphatic rings. The number of likely N-dealkylation sites (N-methyl/N-ethyl adjacent to an activating group) is 1. The number of hydrogen-bond donors (Lipinski definition) is 3. The van der Waals surface area contributed by atoms with Crippen LogP contribution in [0, 0.1) is 19.7 Å². The largest absolute Gasteiger partial charge is 1.00 e. The summed E-state index contributed by atoms with van der Waals surface area (Å²) in [6.07, 6.45) is 1.97. The van der Waals surface area contributed by atoms with Gasteiger partial charge < -0.3 is 22.1 Å². The van der Waals surface area contributed by atoms with Crippen molar-refractivity contribution in [2.45, 2.75) is 32.4 Å². The van der Waals surface area contributed by atoms with Gasteiger partial charge in [-0.15, -0.1) is 0 Å². The number of halogens is 1. The molecular weight excluding hydrogens is 452 g/mol. The number of urea groups is 1. The maximum Gasteiger partial charge on any atom is 1.00 e. The smallest absolute Gasteiger partial charge is 1.00 e. The zero-order valence-corrected chi connectivity index (χ0v) is 21.4. The van der Waals surface area contributed by atoms with E-state index in [0.717, 1.165) is 5.56 Å². The number of carboxylic acid groups (broad SMARTS) is 1. The first-order chi connectivity index (χ1) is 15.6. The number of nitrogens with zero attached hydrogens (tertiary/aromatic N) is 1. The Bertz CT molecular complexity index is 1170. The van der Waals surface area contributed by atoms with Gasteiger partial charge in [0.05, 0.1) is 12.5 Å². The number of nitrogens with one attached hydrogen (secondary N) is 2. The molecule has 2 aromatic carbocycles. The number of ketones is 1. The van der Waals surface area contributed by atoms with Crippen molar-refractivity contribution in [3.63, 3.8) is 0 Å². The average Bonchev–Trinajstić information content (AvgIpc) is 2.74. The summed E-state index contributed by atoms with van der Waals surface area (Å²) in [7, 11) is 1.44. The second-order valence-corrected chi connectivity index (χ2v) is 7.82. The fourth-order valence-electron chi connectivity index (χ4n) is 3.81. The predicted octanol–water partition coefficient (Wildman–Crippen LogP) is -0.0356. The number of carbonyl (C=O) groups excluding carboxylic acids is 3. The van der Waals surface area contributed by atoms with Crippen molar-refractivity contribution in [1.29, 1.82) is 0 Å². The first-order valence-electron chi connectivity index (χ1n) is 10.2. The minimum Gasteiger partial charge on any atom is -1.00 e. The van der Waals surface area contributed by atoms with E-state index in [1.807, 2.05) is 19.1 Å². The van der Waals surface area contributed by atoms with E-state index in [0.29, 0.717) is 22.3 Å². The van der Waals surface area contributed by atoms with Crippen LogP contribution in [0.1, 0.15) is 30.6 Å². The van der Waals surface area contributed by atoms with E-state index in [9.17, 15) is 28.7 Å². The number of amides is 3. The molecule has 0 saturated heterocycles. The SMILES string of the molecule is Cc1ccccc1-c1c(F)ccc(C(CC(=O)O)NC(=O)NC2C(=O)C=CN(C)C2=O)c1C.[H-].[Na+]. The van der Waals surface area contributed by atoms with Gasteiger partial charge >= 0.3 is 41.6 Å². The van der Waals surface area contributed by atoms with Crippen LogP contribution in [0.2, 0.25) is 0 Å². The van der Waals surface area contributed by atoms with Crippen molar-refractivity contribution < 1.29 is 59.7 Å². The van der Waals surface area contributed by atoms with E-state index in [2.05, 4.69) is 10.6 Å². The van der Waals surface area contributed by atoms with Gasteiger partial charge in [-0.1, -0.05) is 30.3 Å². The van der Waals surface area contributed by atoms with Crippen LogP contribution < -0.4 is 40.2 Å². The Balaban J connectivity index is 0.00000306. The first kappa shape index (κ1) is 27.2. The quantitative estimate of drug-likeness (QED) is 0.399. The Morgan fingerprint density at radius 2 is 1.85 bits per heavy atom.